The van der Waals surface area contributed by atoms with Crippen LogP contribution in [0.15, 0.2) is 47.4 Å². The van der Waals surface area contributed by atoms with Gasteiger partial charge in [0.2, 0.25) is 0 Å². The number of fused-ring (bicyclic) bond motifs is 3. The predicted octanol–water partition coefficient (Wildman–Crippen LogP) is 5.34. The second-order valence-electron chi connectivity index (χ2n) is 11.8. The van der Waals surface area contributed by atoms with Crippen LogP contribution in [0.25, 0.3) is 0 Å². The van der Waals surface area contributed by atoms with Crippen LogP contribution in [-0.2, 0) is 36.3 Å². The van der Waals surface area contributed by atoms with Gasteiger partial charge in [-0.25, -0.2) is 17.2 Å². The van der Waals surface area contributed by atoms with E-state index in [0.717, 1.165) is 29.2 Å². The summed E-state index contributed by atoms with van der Waals surface area (Å²) in [5, 5.41) is 20.6. The molecule has 2 aromatic carbocycles. The average molecular weight is 670 g/mol. The lowest BCUT2D eigenvalue weighted by Gasteiger charge is -2.45. The zero-order chi connectivity index (χ0) is 33.4. The number of hydrogen-bond acceptors (Lipinski definition) is 5. The molecule has 1 amide bonds. The van der Waals surface area contributed by atoms with E-state index in [-0.39, 0.29) is 62.3 Å². The van der Waals surface area contributed by atoms with Crippen molar-refractivity contribution in [2.24, 2.45) is 5.92 Å². The third kappa shape index (κ3) is 4.89. The Hall–Kier alpha value is -3.27. The molecule has 1 aliphatic heterocycles. The molecular formula is C29H27F8NO6S. The topological polar surface area (TPSA) is 112 Å². The van der Waals surface area contributed by atoms with Crippen molar-refractivity contribution in [2.45, 2.75) is 84.3 Å². The van der Waals surface area contributed by atoms with Crippen molar-refractivity contribution in [1.82, 2.24) is 4.90 Å². The van der Waals surface area contributed by atoms with Crippen LogP contribution in [0.4, 0.5) is 35.1 Å². The first-order valence-corrected chi connectivity index (χ1v) is 15.4. The zero-order valence-electron chi connectivity index (χ0n) is 23.3. The molecule has 3 aliphatic rings. The summed E-state index contributed by atoms with van der Waals surface area (Å²) < 4.78 is 137. The Kier molecular flexibility index (Phi) is 7.83. The van der Waals surface area contributed by atoms with Crippen LogP contribution >= 0.6 is 0 Å². The molecule has 7 nitrogen and oxygen atoms in total. The predicted molar refractivity (Wildman–Crippen MR) is 140 cm³/mol. The van der Waals surface area contributed by atoms with Crippen molar-refractivity contribution in [2.75, 3.05) is 6.54 Å². The largest absolute Gasteiger partial charge is 0.481 e. The minimum absolute atomic E-state index is 0.0376. The minimum Gasteiger partial charge on any atom is -0.481 e. The van der Waals surface area contributed by atoms with Gasteiger partial charge in [-0.2, -0.15) is 26.3 Å². The molecule has 2 N–H and O–H groups in total. The van der Waals surface area contributed by atoms with Crippen LogP contribution in [0.5, 0.6) is 0 Å². The van der Waals surface area contributed by atoms with Crippen molar-refractivity contribution in [3.63, 3.8) is 0 Å². The second kappa shape index (κ2) is 10.6. The number of halogens is 8. The molecular weight excluding hydrogens is 642 g/mol. The number of rotatable bonds is 5. The maximum Gasteiger partial charge on any atom is 0.435 e. The Morgan fingerprint density at radius 3 is 1.98 bits per heavy atom. The van der Waals surface area contributed by atoms with Crippen molar-refractivity contribution in [3.8, 4) is 0 Å². The van der Waals surface area contributed by atoms with Gasteiger partial charge in [0.15, 0.2) is 9.84 Å². The first kappa shape index (κ1) is 33.1. The van der Waals surface area contributed by atoms with Crippen LogP contribution in [0.2, 0.25) is 0 Å². The summed E-state index contributed by atoms with van der Waals surface area (Å²) in [6, 6.07) is 3.56. The van der Waals surface area contributed by atoms with Crippen LogP contribution < -0.4 is 0 Å². The molecule has 0 aromatic heterocycles. The number of carbonyl (C=O) groups is 2. The number of benzene rings is 2. The highest BCUT2D eigenvalue weighted by Gasteiger charge is 2.74. The average Bonchev–Trinajstić information content (AvgIpc) is 3.37. The molecule has 246 valence electrons. The fourth-order valence-electron chi connectivity index (χ4n) is 7.12. The Morgan fingerprint density at radius 1 is 0.867 bits per heavy atom. The number of aliphatic hydroxyl groups is 1. The van der Waals surface area contributed by atoms with Crippen LogP contribution in [0.3, 0.4) is 0 Å². The Balaban J connectivity index is 1.64. The zero-order valence-corrected chi connectivity index (χ0v) is 24.1. The molecule has 1 saturated carbocycles. The lowest BCUT2D eigenvalue weighted by molar-refractivity contribution is -0.348. The van der Waals surface area contributed by atoms with Gasteiger partial charge in [0.05, 0.1) is 16.9 Å². The van der Waals surface area contributed by atoms with Gasteiger partial charge in [-0.1, -0.05) is 18.2 Å². The molecule has 45 heavy (non-hydrogen) atoms. The van der Waals surface area contributed by atoms with Gasteiger partial charge < -0.3 is 15.1 Å². The van der Waals surface area contributed by atoms with E-state index < -0.39 is 84.7 Å². The lowest BCUT2D eigenvalue weighted by Crippen LogP contribution is -2.57. The molecule has 2 aromatic rings. The first-order chi connectivity index (χ1) is 20.7. The van der Waals surface area contributed by atoms with Crippen LogP contribution in [0.1, 0.15) is 55.2 Å². The molecule has 16 heteroatoms. The summed E-state index contributed by atoms with van der Waals surface area (Å²) in [4.78, 5) is 25.9. The lowest BCUT2D eigenvalue weighted by atomic mass is 9.75. The molecule has 0 unspecified atom stereocenters. The fraction of sp³-hybridized carbons (Fsp3) is 0.517. The van der Waals surface area contributed by atoms with Gasteiger partial charge in [-0.05, 0) is 80.3 Å². The molecule has 2 atom stereocenters. The van der Waals surface area contributed by atoms with E-state index in [1.54, 1.807) is 0 Å². The number of aliphatic carboxylic acids is 1. The molecule has 2 fully saturated rings. The highest BCUT2D eigenvalue weighted by Crippen LogP contribution is 2.57. The molecule has 1 saturated heterocycles. The Bertz CT molecular complexity index is 1600. The monoisotopic (exact) mass is 669 g/mol. The number of carboxylic acid groups (broad SMARTS) is 1. The number of amides is 1. The molecule has 0 spiro atoms. The summed E-state index contributed by atoms with van der Waals surface area (Å²) in [5.74, 6) is -3.59. The third-order valence-corrected chi connectivity index (χ3v) is 12.0. The third-order valence-electron chi connectivity index (χ3n) is 9.49. The van der Waals surface area contributed by atoms with E-state index in [0.29, 0.717) is 12.1 Å². The summed E-state index contributed by atoms with van der Waals surface area (Å²) in [7, 11) is -4.69. The summed E-state index contributed by atoms with van der Waals surface area (Å²) >= 11 is 0. The van der Waals surface area contributed by atoms with Crippen LogP contribution in [-0.4, -0.2) is 65.9 Å². The smallest absolute Gasteiger partial charge is 0.435 e. The standard InChI is InChI=1S/C29H27F8NO6S/c30-19-3-5-20(6-4-19)45(43,44)26-13-14-38(24(41)25(42)11-9-16(10-12-25)23(39)40)22(26)8-1-17-15-18(2-7-21(17)26)27(31,28(32,33)34)29(35,36)37/h2-7,15-16,22,42H,1,8-14H2,(H,39,40)/t16-,22-,25+,26-/m0/s1. The number of hydrogen-bond donors (Lipinski definition) is 2. The maximum atomic E-state index is 15.0. The number of sulfone groups is 1. The van der Waals surface area contributed by atoms with Gasteiger partial charge in [0.1, 0.15) is 16.2 Å². The summed E-state index contributed by atoms with van der Waals surface area (Å²) in [5.41, 5.74) is -10.1. The number of likely N-dealkylation sites (tertiary alicyclic amines) is 1. The highest BCUT2D eigenvalue weighted by molar-refractivity contribution is 7.92. The van der Waals surface area contributed by atoms with E-state index in [2.05, 4.69) is 0 Å². The van der Waals surface area contributed by atoms with Gasteiger partial charge in [-0.15, -0.1) is 0 Å². The molecule has 2 aliphatic carbocycles. The Labute approximate surface area is 251 Å². The van der Waals surface area contributed by atoms with E-state index in [1.165, 1.54) is 0 Å². The van der Waals surface area contributed by atoms with E-state index in [1.807, 2.05) is 0 Å². The van der Waals surface area contributed by atoms with Gasteiger partial charge in [-0.3, -0.25) is 9.59 Å². The molecule has 1 heterocycles. The van der Waals surface area contributed by atoms with Crippen LogP contribution in [0, 0.1) is 11.7 Å². The number of carboxylic acids is 1. The van der Waals surface area contributed by atoms with Gasteiger partial charge in [0.25, 0.3) is 5.91 Å². The Morgan fingerprint density at radius 2 is 1.44 bits per heavy atom. The molecule has 0 bridgehead atoms. The first-order valence-electron chi connectivity index (χ1n) is 13.9. The van der Waals surface area contributed by atoms with E-state index >= 15 is 0 Å². The number of nitrogens with zero attached hydrogens (tertiary/aromatic N) is 1. The highest BCUT2D eigenvalue weighted by atomic mass is 32.2. The van der Waals surface area contributed by atoms with Crippen molar-refractivity contribution in [1.29, 1.82) is 0 Å². The van der Waals surface area contributed by atoms with E-state index in [9.17, 15) is 63.3 Å². The van der Waals surface area contributed by atoms with Gasteiger partial charge >= 0.3 is 24.0 Å². The van der Waals surface area contributed by atoms with Crippen molar-refractivity contribution in [3.05, 3.63) is 65.0 Å². The fourth-order valence-corrected chi connectivity index (χ4v) is 9.49. The number of aryl methyl sites for hydroxylation is 1. The quantitative estimate of drug-likeness (QED) is 0.329. The maximum absolute atomic E-state index is 15.0. The minimum atomic E-state index is -6.40. The van der Waals surface area contributed by atoms with Crippen molar-refractivity contribution >= 4 is 21.7 Å². The molecule has 0 radical (unpaired) electrons. The summed E-state index contributed by atoms with van der Waals surface area (Å²) in [6.45, 7) is -0.298. The summed E-state index contributed by atoms with van der Waals surface area (Å²) in [6.07, 6.45) is -14.4. The number of carbonyl (C=O) groups excluding carboxylic acids is 1. The van der Waals surface area contributed by atoms with Crippen molar-refractivity contribution < 1.29 is 63.3 Å². The second-order valence-corrected chi connectivity index (χ2v) is 14.0. The number of alkyl halides is 7. The van der Waals surface area contributed by atoms with Gasteiger partial charge in [0, 0.05) is 12.1 Å². The SMILES string of the molecule is O=C(O)[C@H]1CC[C@](O)(C(=O)N2CC[C@]3(S(=O)(=O)c4ccc(F)cc4)c4ccc(C(F)(C(F)(F)F)C(F)(F)F)cc4CC[C@H]23)CC1. The normalized spacial score (nSPS) is 27.5. The molecule has 5 rings (SSSR count). The van der Waals surface area contributed by atoms with E-state index in [4.69, 9.17) is 0 Å².